The lowest BCUT2D eigenvalue weighted by Crippen LogP contribution is -2.30. The molecular formula is C13H21N2O3PS. The molecule has 5 nitrogen and oxygen atoms in total. The first-order chi connectivity index (χ1) is 9.41. The van der Waals surface area contributed by atoms with E-state index in [2.05, 4.69) is 5.32 Å². The molecule has 0 radical (unpaired) electrons. The van der Waals surface area contributed by atoms with Gasteiger partial charge in [0.1, 0.15) is 5.75 Å². The summed E-state index contributed by atoms with van der Waals surface area (Å²) in [6, 6.07) is 7.37. The number of nitrogens with two attached hydrogens (primary N) is 1. The normalized spacial score (nSPS) is 15.2. The van der Waals surface area contributed by atoms with E-state index in [1.807, 2.05) is 31.2 Å². The Morgan fingerprint density at radius 3 is 2.60 bits per heavy atom. The van der Waals surface area contributed by atoms with Gasteiger partial charge in [-0.15, -0.1) is 0 Å². The fraction of sp³-hybridized carbons (Fsp3) is 0.462. The molecule has 0 fully saturated rings. The van der Waals surface area contributed by atoms with Crippen LogP contribution in [-0.2, 0) is 11.1 Å². The lowest BCUT2D eigenvalue weighted by Gasteiger charge is -2.20. The molecule has 1 rings (SSSR count). The molecule has 0 saturated carbocycles. The average Bonchev–Trinajstić information content (AvgIpc) is 2.45. The van der Waals surface area contributed by atoms with Crippen LogP contribution in [0, 0.1) is 0 Å². The fourth-order valence-corrected chi connectivity index (χ4v) is 3.35. The van der Waals surface area contributed by atoms with Gasteiger partial charge in [0.25, 0.3) is 7.37 Å². The zero-order valence-electron chi connectivity index (χ0n) is 11.7. The Hall–Kier alpha value is -0.940. The molecule has 4 N–H and O–H groups in total. The van der Waals surface area contributed by atoms with Crippen LogP contribution in [0.25, 0.3) is 0 Å². The third-order valence-electron chi connectivity index (χ3n) is 2.93. The maximum absolute atomic E-state index is 12.1. The predicted octanol–water partition coefficient (Wildman–Crippen LogP) is 2.43. The van der Waals surface area contributed by atoms with Gasteiger partial charge in [0.2, 0.25) is 0 Å². The molecule has 0 aliphatic carbocycles. The van der Waals surface area contributed by atoms with E-state index >= 15 is 0 Å². The highest BCUT2D eigenvalue weighted by Gasteiger charge is 2.31. The van der Waals surface area contributed by atoms with Crippen molar-refractivity contribution in [2.45, 2.75) is 32.1 Å². The van der Waals surface area contributed by atoms with Crippen LogP contribution in [0.2, 0.25) is 0 Å². The maximum Gasteiger partial charge on any atom is 0.272 e. The summed E-state index contributed by atoms with van der Waals surface area (Å²) < 4.78 is 17.1. The van der Waals surface area contributed by atoms with E-state index in [0.717, 1.165) is 17.7 Å². The van der Waals surface area contributed by atoms with Gasteiger partial charge in [-0.05, 0) is 24.1 Å². The molecule has 0 aliphatic rings. The van der Waals surface area contributed by atoms with E-state index in [1.54, 1.807) is 7.11 Å². The Labute approximate surface area is 125 Å². The van der Waals surface area contributed by atoms with Crippen LogP contribution in [0.15, 0.2) is 24.3 Å². The third kappa shape index (κ3) is 4.56. The van der Waals surface area contributed by atoms with Crippen LogP contribution < -0.4 is 15.8 Å². The van der Waals surface area contributed by atoms with Gasteiger partial charge < -0.3 is 20.7 Å². The summed E-state index contributed by atoms with van der Waals surface area (Å²) in [5.74, 6) is -0.0440. The van der Waals surface area contributed by atoms with E-state index in [-0.39, 0.29) is 4.73 Å². The lowest BCUT2D eigenvalue weighted by atomic mass is 10.2. The van der Waals surface area contributed by atoms with Gasteiger partial charge >= 0.3 is 0 Å². The zero-order chi connectivity index (χ0) is 15.2. The highest BCUT2D eigenvalue weighted by Crippen LogP contribution is 2.46. The minimum atomic E-state index is -3.67. The molecule has 0 amide bonds. The minimum Gasteiger partial charge on any atom is -0.497 e. The molecule has 112 valence electrons. The average molecular weight is 316 g/mol. The smallest absolute Gasteiger partial charge is 0.272 e. The molecule has 1 aromatic carbocycles. The van der Waals surface area contributed by atoms with Gasteiger partial charge in [0, 0.05) is 6.54 Å². The van der Waals surface area contributed by atoms with Crippen LogP contribution in [0.5, 0.6) is 5.75 Å². The fourth-order valence-electron chi connectivity index (χ4n) is 1.66. The topological polar surface area (TPSA) is 84.6 Å². The van der Waals surface area contributed by atoms with Crippen LogP contribution >= 0.6 is 19.6 Å². The van der Waals surface area contributed by atoms with Gasteiger partial charge in [-0.3, -0.25) is 4.57 Å². The number of thiocarbonyl (C=S) groups is 1. The maximum atomic E-state index is 12.1. The first kappa shape index (κ1) is 17.1. The monoisotopic (exact) mass is 316 g/mol. The van der Waals surface area contributed by atoms with Crippen molar-refractivity contribution < 1.29 is 14.2 Å². The second-order valence-electron chi connectivity index (χ2n) is 4.49. The van der Waals surface area contributed by atoms with Crippen molar-refractivity contribution in [1.29, 1.82) is 0 Å². The lowest BCUT2D eigenvalue weighted by molar-refractivity contribution is 0.414. The van der Waals surface area contributed by atoms with Gasteiger partial charge in [-0.25, -0.2) is 0 Å². The van der Waals surface area contributed by atoms with E-state index in [1.165, 1.54) is 0 Å². The molecule has 1 aromatic rings. The standard InChI is InChI=1S/C13H21N2O3PS/c1-3-4-12(14)19(16,17)13(20)15-9-10-5-7-11(18-2)8-6-10/h5-8,12H,3-4,9,14H2,1-2H3,(H,15,20)(H,16,17). The molecular weight excluding hydrogens is 295 g/mol. The zero-order valence-corrected chi connectivity index (χ0v) is 13.4. The van der Waals surface area contributed by atoms with E-state index < -0.39 is 13.2 Å². The molecule has 0 bridgehead atoms. The third-order valence-corrected chi connectivity index (χ3v) is 5.75. The minimum absolute atomic E-state index is 0.0609. The van der Waals surface area contributed by atoms with Crippen molar-refractivity contribution in [3.63, 3.8) is 0 Å². The number of nitrogens with one attached hydrogen (secondary N) is 1. The Kier molecular flexibility index (Phi) is 6.62. The summed E-state index contributed by atoms with van der Waals surface area (Å²) in [4.78, 5) is 9.95. The van der Waals surface area contributed by atoms with Crippen LogP contribution in [0.3, 0.4) is 0 Å². The largest absolute Gasteiger partial charge is 0.497 e. The van der Waals surface area contributed by atoms with Gasteiger partial charge in [0.15, 0.2) is 4.73 Å². The summed E-state index contributed by atoms with van der Waals surface area (Å²) in [7, 11) is -2.07. The van der Waals surface area contributed by atoms with Crippen LogP contribution in [0.4, 0.5) is 0 Å². The quantitative estimate of drug-likeness (QED) is 0.529. The van der Waals surface area contributed by atoms with Gasteiger partial charge in [-0.1, -0.05) is 37.7 Å². The number of hydrogen-bond acceptors (Lipinski definition) is 4. The number of benzene rings is 1. The number of rotatable bonds is 7. The number of ether oxygens (including phenoxy) is 1. The van der Waals surface area contributed by atoms with Crippen molar-refractivity contribution >= 4 is 24.3 Å². The van der Waals surface area contributed by atoms with Gasteiger partial charge in [-0.2, -0.15) is 0 Å². The highest BCUT2D eigenvalue weighted by molar-refractivity contribution is 7.99. The number of methoxy groups -OCH3 is 1. The SMILES string of the molecule is CCCC(N)P(=O)(O)C(=S)NCc1ccc(OC)cc1. The van der Waals surface area contributed by atoms with Crippen LogP contribution in [-0.4, -0.2) is 22.5 Å². The summed E-state index contributed by atoms with van der Waals surface area (Å²) >= 11 is 5.00. The highest BCUT2D eigenvalue weighted by atomic mass is 32.1. The van der Waals surface area contributed by atoms with E-state index in [4.69, 9.17) is 22.7 Å². The van der Waals surface area contributed by atoms with Crippen molar-refractivity contribution in [3.05, 3.63) is 29.8 Å². The molecule has 0 heterocycles. The molecule has 2 atom stereocenters. The predicted molar refractivity (Wildman–Crippen MR) is 85.1 cm³/mol. The van der Waals surface area contributed by atoms with E-state index in [9.17, 15) is 9.46 Å². The van der Waals surface area contributed by atoms with Crippen molar-refractivity contribution in [2.24, 2.45) is 5.73 Å². The molecule has 0 saturated heterocycles. The molecule has 20 heavy (non-hydrogen) atoms. The van der Waals surface area contributed by atoms with Crippen molar-refractivity contribution in [2.75, 3.05) is 7.11 Å². The van der Waals surface area contributed by atoms with Crippen LogP contribution in [0.1, 0.15) is 25.3 Å². The van der Waals surface area contributed by atoms with Crippen molar-refractivity contribution in [1.82, 2.24) is 5.32 Å². The van der Waals surface area contributed by atoms with Crippen molar-refractivity contribution in [3.8, 4) is 5.75 Å². The molecule has 2 unspecified atom stereocenters. The van der Waals surface area contributed by atoms with E-state index in [0.29, 0.717) is 13.0 Å². The summed E-state index contributed by atoms with van der Waals surface area (Å²) in [6.45, 7) is 2.29. The summed E-state index contributed by atoms with van der Waals surface area (Å²) in [5.41, 5.74) is 6.65. The second kappa shape index (κ2) is 7.74. The summed E-state index contributed by atoms with van der Waals surface area (Å²) in [6.07, 6.45) is 1.21. The molecule has 0 aliphatic heterocycles. The van der Waals surface area contributed by atoms with Gasteiger partial charge in [0.05, 0.1) is 12.9 Å². The Morgan fingerprint density at radius 2 is 2.10 bits per heavy atom. The molecule has 7 heteroatoms. The summed E-state index contributed by atoms with van der Waals surface area (Å²) in [5, 5.41) is 2.81. The molecule has 0 spiro atoms. The first-order valence-electron chi connectivity index (χ1n) is 6.41. The Bertz CT molecular complexity index is 493. The second-order valence-corrected chi connectivity index (χ2v) is 7.55. The Morgan fingerprint density at radius 1 is 1.50 bits per heavy atom. The number of hydrogen-bond donors (Lipinski definition) is 3. The molecule has 0 aromatic heterocycles. The first-order valence-corrected chi connectivity index (χ1v) is 8.55. The Balaban J connectivity index is 2.59.